The van der Waals surface area contributed by atoms with Crippen molar-refractivity contribution in [2.75, 3.05) is 13.6 Å². The summed E-state index contributed by atoms with van der Waals surface area (Å²) in [6.07, 6.45) is 2.44. The molecule has 0 radical (unpaired) electrons. The first kappa shape index (κ1) is 12.9. The van der Waals surface area contributed by atoms with E-state index in [1.54, 1.807) is 24.1 Å². The van der Waals surface area contributed by atoms with Gasteiger partial charge < -0.3 is 10.2 Å². The molecule has 1 aromatic rings. The van der Waals surface area contributed by atoms with Crippen molar-refractivity contribution in [3.63, 3.8) is 0 Å². The first-order valence-corrected chi connectivity index (χ1v) is 6.34. The van der Waals surface area contributed by atoms with E-state index in [1.165, 1.54) is 25.0 Å². The number of rotatable bonds is 4. The quantitative estimate of drug-likeness (QED) is 0.875. The molecule has 0 spiro atoms. The van der Waals surface area contributed by atoms with Crippen LogP contribution >= 0.6 is 0 Å². The van der Waals surface area contributed by atoms with Crippen LogP contribution < -0.4 is 5.32 Å². The van der Waals surface area contributed by atoms with Crippen molar-refractivity contribution in [3.8, 4) is 0 Å². The average Bonchev–Trinajstić information content (AvgIpc) is 3.19. The van der Waals surface area contributed by atoms with Crippen molar-refractivity contribution in [1.29, 1.82) is 0 Å². The first-order chi connectivity index (χ1) is 8.58. The van der Waals surface area contributed by atoms with Crippen LogP contribution in [0.15, 0.2) is 24.3 Å². The molecule has 0 saturated heterocycles. The number of nitrogens with zero attached hydrogens (tertiary/aromatic N) is 1. The molecule has 4 heteroatoms. The van der Waals surface area contributed by atoms with Crippen LogP contribution in [0, 0.1) is 11.7 Å². The Labute approximate surface area is 107 Å². The second-order valence-corrected chi connectivity index (χ2v) is 4.97. The number of hydrogen-bond donors (Lipinski definition) is 1. The summed E-state index contributed by atoms with van der Waals surface area (Å²) in [5, 5.41) is 2.92. The van der Waals surface area contributed by atoms with Crippen LogP contribution in [0.5, 0.6) is 0 Å². The van der Waals surface area contributed by atoms with Crippen LogP contribution in [0.1, 0.15) is 31.4 Å². The maximum absolute atomic E-state index is 12.8. The third-order valence-corrected chi connectivity index (χ3v) is 3.49. The number of urea groups is 1. The van der Waals surface area contributed by atoms with Gasteiger partial charge in [-0.05, 0) is 43.4 Å². The van der Waals surface area contributed by atoms with Crippen LogP contribution in [0.4, 0.5) is 9.18 Å². The Morgan fingerprint density at radius 3 is 2.61 bits per heavy atom. The molecule has 0 aliphatic heterocycles. The third-order valence-electron chi connectivity index (χ3n) is 3.49. The standard InChI is InChI=1S/C14H19FN2O/c1-10(12-5-7-13(15)8-6-12)17(2)14(18)16-9-11-3-4-11/h5-8,10-11H,3-4,9H2,1-2H3,(H,16,18)/t10-/m1/s1. The average molecular weight is 250 g/mol. The van der Waals surface area contributed by atoms with E-state index >= 15 is 0 Å². The summed E-state index contributed by atoms with van der Waals surface area (Å²) in [6, 6.07) is 6.13. The van der Waals surface area contributed by atoms with Crippen LogP contribution in [0.3, 0.4) is 0 Å². The smallest absolute Gasteiger partial charge is 0.317 e. The molecule has 1 N–H and O–H groups in total. The van der Waals surface area contributed by atoms with Gasteiger partial charge in [-0.25, -0.2) is 9.18 Å². The fourth-order valence-electron chi connectivity index (χ4n) is 1.82. The molecule has 1 atom stereocenters. The van der Waals surface area contributed by atoms with Crippen molar-refractivity contribution >= 4 is 6.03 Å². The van der Waals surface area contributed by atoms with Gasteiger partial charge in [0.1, 0.15) is 5.82 Å². The Bertz CT molecular complexity index is 414. The van der Waals surface area contributed by atoms with Crippen molar-refractivity contribution in [1.82, 2.24) is 10.2 Å². The summed E-state index contributed by atoms with van der Waals surface area (Å²) in [5.41, 5.74) is 0.931. The van der Waals surface area contributed by atoms with Crippen LogP contribution in [-0.4, -0.2) is 24.5 Å². The summed E-state index contributed by atoms with van der Waals surface area (Å²) < 4.78 is 12.8. The monoisotopic (exact) mass is 250 g/mol. The predicted octanol–water partition coefficient (Wildman–Crippen LogP) is 2.94. The SMILES string of the molecule is C[C@H](c1ccc(F)cc1)N(C)C(=O)NCC1CC1. The molecule has 3 nitrogen and oxygen atoms in total. The fourth-order valence-corrected chi connectivity index (χ4v) is 1.82. The zero-order valence-corrected chi connectivity index (χ0v) is 10.8. The van der Waals surface area contributed by atoms with Gasteiger partial charge in [0, 0.05) is 13.6 Å². The van der Waals surface area contributed by atoms with E-state index in [0.29, 0.717) is 5.92 Å². The number of carbonyl (C=O) groups is 1. The molecular weight excluding hydrogens is 231 g/mol. The highest BCUT2D eigenvalue weighted by Gasteiger charge is 2.23. The molecule has 18 heavy (non-hydrogen) atoms. The second kappa shape index (κ2) is 5.38. The number of benzene rings is 1. The molecule has 1 saturated carbocycles. The van der Waals surface area contributed by atoms with Gasteiger partial charge in [-0.2, -0.15) is 0 Å². The number of nitrogens with one attached hydrogen (secondary N) is 1. The Kier molecular flexibility index (Phi) is 3.84. The van der Waals surface area contributed by atoms with Crippen LogP contribution in [0.2, 0.25) is 0 Å². The fraction of sp³-hybridized carbons (Fsp3) is 0.500. The lowest BCUT2D eigenvalue weighted by molar-refractivity contribution is 0.194. The minimum absolute atomic E-state index is 0.0650. The zero-order chi connectivity index (χ0) is 13.1. The topological polar surface area (TPSA) is 32.3 Å². The maximum Gasteiger partial charge on any atom is 0.317 e. The molecule has 2 amide bonds. The molecular formula is C14H19FN2O. The molecule has 1 fully saturated rings. The highest BCUT2D eigenvalue weighted by atomic mass is 19.1. The van der Waals surface area contributed by atoms with E-state index in [-0.39, 0.29) is 17.9 Å². The molecule has 0 unspecified atom stereocenters. The van der Waals surface area contributed by atoms with Crippen molar-refractivity contribution in [3.05, 3.63) is 35.6 Å². The van der Waals surface area contributed by atoms with Crippen LogP contribution in [0.25, 0.3) is 0 Å². The van der Waals surface area contributed by atoms with Gasteiger partial charge in [0.25, 0.3) is 0 Å². The van der Waals surface area contributed by atoms with Crippen molar-refractivity contribution < 1.29 is 9.18 Å². The molecule has 1 aliphatic rings. The third kappa shape index (κ3) is 3.22. The summed E-state index contributed by atoms with van der Waals surface area (Å²) >= 11 is 0. The number of hydrogen-bond acceptors (Lipinski definition) is 1. The van der Waals surface area contributed by atoms with Gasteiger partial charge in [-0.1, -0.05) is 12.1 Å². The van der Waals surface area contributed by atoms with Gasteiger partial charge >= 0.3 is 6.03 Å². The minimum atomic E-state index is -0.258. The lowest BCUT2D eigenvalue weighted by Crippen LogP contribution is -2.39. The summed E-state index contributed by atoms with van der Waals surface area (Å²) in [6.45, 7) is 2.70. The molecule has 0 aromatic heterocycles. The van der Waals surface area contributed by atoms with E-state index in [9.17, 15) is 9.18 Å². The lowest BCUT2D eigenvalue weighted by Gasteiger charge is -2.25. The van der Waals surface area contributed by atoms with E-state index in [0.717, 1.165) is 12.1 Å². The van der Waals surface area contributed by atoms with Gasteiger partial charge in [0.2, 0.25) is 0 Å². The Morgan fingerprint density at radius 2 is 2.06 bits per heavy atom. The molecule has 98 valence electrons. The van der Waals surface area contributed by atoms with Gasteiger partial charge in [-0.3, -0.25) is 0 Å². The molecule has 1 aromatic carbocycles. The summed E-state index contributed by atoms with van der Waals surface area (Å²) in [5.74, 6) is 0.412. The molecule has 0 bridgehead atoms. The number of amides is 2. The largest absolute Gasteiger partial charge is 0.338 e. The summed E-state index contributed by atoms with van der Waals surface area (Å²) in [4.78, 5) is 13.5. The van der Waals surface area contributed by atoms with Crippen molar-refractivity contribution in [2.45, 2.75) is 25.8 Å². The molecule has 0 heterocycles. The molecule has 2 rings (SSSR count). The van der Waals surface area contributed by atoms with Crippen LogP contribution in [-0.2, 0) is 0 Å². The Morgan fingerprint density at radius 1 is 1.44 bits per heavy atom. The zero-order valence-electron chi connectivity index (χ0n) is 10.8. The van der Waals surface area contributed by atoms with E-state index < -0.39 is 0 Å². The second-order valence-electron chi connectivity index (χ2n) is 4.97. The first-order valence-electron chi connectivity index (χ1n) is 6.34. The minimum Gasteiger partial charge on any atom is -0.338 e. The molecule has 1 aliphatic carbocycles. The Balaban J connectivity index is 1.91. The highest BCUT2D eigenvalue weighted by Crippen LogP contribution is 2.27. The highest BCUT2D eigenvalue weighted by molar-refractivity contribution is 5.74. The van der Waals surface area contributed by atoms with Crippen molar-refractivity contribution in [2.24, 2.45) is 5.92 Å². The van der Waals surface area contributed by atoms with E-state index in [4.69, 9.17) is 0 Å². The normalized spacial score (nSPS) is 16.2. The van der Waals surface area contributed by atoms with Gasteiger partial charge in [-0.15, -0.1) is 0 Å². The predicted molar refractivity (Wildman–Crippen MR) is 68.7 cm³/mol. The number of carbonyl (C=O) groups excluding carboxylic acids is 1. The van der Waals surface area contributed by atoms with E-state index in [2.05, 4.69) is 5.32 Å². The van der Waals surface area contributed by atoms with Gasteiger partial charge in [0.05, 0.1) is 6.04 Å². The Hall–Kier alpha value is -1.58. The van der Waals surface area contributed by atoms with Gasteiger partial charge in [0.15, 0.2) is 0 Å². The van der Waals surface area contributed by atoms with E-state index in [1.807, 2.05) is 6.92 Å². The summed E-state index contributed by atoms with van der Waals surface area (Å²) in [7, 11) is 1.76. The lowest BCUT2D eigenvalue weighted by atomic mass is 10.1. The maximum atomic E-state index is 12.8. The number of halogens is 1.